The van der Waals surface area contributed by atoms with E-state index in [-0.39, 0.29) is 12.2 Å². The number of rotatable bonds is 7. The van der Waals surface area contributed by atoms with Crippen LogP contribution in [0.15, 0.2) is 35.1 Å². The topological polar surface area (TPSA) is 105 Å². The lowest BCUT2D eigenvalue weighted by Gasteiger charge is -2.35. The van der Waals surface area contributed by atoms with E-state index in [1.807, 2.05) is 26.0 Å². The summed E-state index contributed by atoms with van der Waals surface area (Å²) >= 11 is 0. The highest BCUT2D eigenvalue weighted by Gasteiger charge is 2.31. The molecule has 1 saturated heterocycles. The molecule has 3 rings (SSSR count). The molecule has 1 fully saturated rings. The fourth-order valence-electron chi connectivity index (χ4n) is 3.20. The van der Waals surface area contributed by atoms with Crippen LogP contribution in [0.1, 0.15) is 33.3 Å². The van der Waals surface area contributed by atoms with E-state index in [0.717, 1.165) is 5.56 Å². The number of piperazine rings is 1. The molecular formula is C22H29N3O6. The Morgan fingerprint density at radius 1 is 1.23 bits per heavy atom. The molecule has 1 N–H and O–H groups in total. The molecule has 1 aromatic heterocycles. The Kier molecular flexibility index (Phi) is 6.84. The van der Waals surface area contributed by atoms with Crippen LogP contribution in [-0.4, -0.2) is 69.8 Å². The van der Waals surface area contributed by atoms with Crippen LogP contribution in [0.2, 0.25) is 0 Å². The zero-order chi connectivity index (χ0) is 22.6. The number of ether oxygens (including phenoxy) is 2. The van der Waals surface area contributed by atoms with E-state index in [0.29, 0.717) is 49.9 Å². The van der Waals surface area contributed by atoms with Gasteiger partial charge in [-0.2, -0.15) is 0 Å². The number of carboxylic acids is 1. The average molecular weight is 431 g/mol. The molecule has 0 radical (unpaired) electrons. The fraction of sp³-hybridized carbons (Fsp3) is 0.500. The van der Waals surface area contributed by atoms with E-state index >= 15 is 0 Å². The quantitative estimate of drug-likeness (QED) is 0.712. The Balaban J connectivity index is 1.74. The number of aliphatic carboxylic acids is 1. The molecule has 0 unspecified atom stereocenters. The number of nitrogens with zero attached hydrogens (tertiary/aromatic N) is 3. The van der Waals surface area contributed by atoms with Crippen molar-refractivity contribution in [3.05, 3.63) is 36.2 Å². The van der Waals surface area contributed by atoms with Crippen molar-refractivity contribution in [2.75, 3.05) is 26.2 Å². The van der Waals surface area contributed by atoms with Gasteiger partial charge in [0.15, 0.2) is 5.60 Å². The van der Waals surface area contributed by atoms with Gasteiger partial charge in [-0.3, -0.25) is 4.90 Å². The minimum absolute atomic E-state index is 0.148. The standard InChI is InChI=1S/C22H29N3O6/c1-15(2)30-21(28)25-10-8-24(9-11-25)14-17-6-5-16(19-23-7-12-29-19)13-18(17)31-22(3,4)20(26)27/h5-7,12-13,15H,8-11,14H2,1-4H3,(H,26,27). The molecule has 9 nitrogen and oxygen atoms in total. The van der Waals surface area contributed by atoms with Crippen molar-refractivity contribution >= 4 is 12.1 Å². The number of hydrogen-bond acceptors (Lipinski definition) is 7. The third-order valence-corrected chi connectivity index (χ3v) is 4.99. The van der Waals surface area contributed by atoms with Crippen molar-refractivity contribution in [3.8, 4) is 17.2 Å². The molecule has 0 atom stereocenters. The zero-order valence-electron chi connectivity index (χ0n) is 18.3. The lowest BCUT2D eigenvalue weighted by atomic mass is 10.1. The summed E-state index contributed by atoms with van der Waals surface area (Å²) in [6, 6.07) is 5.52. The molecule has 31 heavy (non-hydrogen) atoms. The van der Waals surface area contributed by atoms with Crippen LogP contribution in [0.25, 0.3) is 11.5 Å². The molecule has 0 spiro atoms. The zero-order valence-corrected chi connectivity index (χ0v) is 18.3. The molecule has 2 aromatic rings. The number of carbonyl (C=O) groups excluding carboxylic acids is 1. The Morgan fingerprint density at radius 2 is 1.94 bits per heavy atom. The van der Waals surface area contributed by atoms with Crippen LogP contribution in [-0.2, 0) is 16.1 Å². The Hall–Kier alpha value is -3.07. The van der Waals surface area contributed by atoms with Gasteiger partial charge in [-0.1, -0.05) is 6.07 Å². The molecule has 168 valence electrons. The number of amides is 1. The van der Waals surface area contributed by atoms with E-state index in [9.17, 15) is 14.7 Å². The van der Waals surface area contributed by atoms with Gasteiger partial charge in [0.25, 0.3) is 0 Å². The van der Waals surface area contributed by atoms with Gasteiger partial charge in [0, 0.05) is 43.9 Å². The van der Waals surface area contributed by atoms with Gasteiger partial charge in [0.05, 0.1) is 12.3 Å². The number of carbonyl (C=O) groups is 2. The number of aromatic nitrogens is 1. The predicted octanol–water partition coefficient (Wildman–Crippen LogP) is 3.25. The van der Waals surface area contributed by atoms with Crippen LogP contribution < -0.4 is 4.74 Å². The number of oxazole rings is 1. The first-order valence-electron chi connectivity index (χ1n) is 10.3. The van der Waals surface area contributed by atoms with Gasteiger partial charge in [0.1, 0.15) is 12.0 Å². The van der Waals surface area contributed by atoms with Crippen LogP contribution in [0.3, 0.4) is 0 Å². The minimum Gasteiger partial charge on any atom is -0.478 e. The summed E-state index contributed by atoms with van der Waals surface area (Å²) in [5.74, 6) is -0.163. The monoisotopic (exact) mass is 431 g/mol. The van der Waals surface area contributed by atoms with Crippen molar-refractivity contribution in [3.63, 3.8) is 0 Å². The van der Waals surface area contributed by atoms with Gasteiger partial charge >= 0.3 is 12.1 Å². The third kappa shape index (κ3) is 5.75. The highest BCUT2D eigenvalue weighted by Crippen LogP contribution is 2.30. The maximum Gasteiger partial charge on any atom is 0.410 e. The summed E-state index contributed by atoms with van der Waals surface area (Å²) in [6.45, 7) is 9.73. The van der Waals surface area contributed by atoms with Crippen molar-refractivity contribution in [1.29, 1.82) is 0 Å². The van der Waals surface area contributed by atoms with Gasteiger partial charge in [-0.05, 0) is 39.8 Å². The molecule has 0 bridgehead atoms. The largest absolute Gasteiger partial charge is 0.478 e. The molecule has 1 aromatic carbocycles. The second-order valence-corrected chi connectivity index (χ2v) is 8.27. The second kappa shape index (κ2) is 9.38. The lowest BCUT2D eigenvalue weighted by Crippen LogP contribution is -2.48. The highest BCUT2D eigenvalue weighted by atomic mass is 16.6. The maximum absolute atomic E-state index is 12.1. The molecular weight excluding hydrogens is 402 g/mol. The summed E-state index contributed by atoms with van der Waals surface area (Å²) in [5.41, 5.74) is 0.150. The van der Waals surface area contributed by atoms with Crippen molar-refractivity contribution in [2.45, 2.75) is 45.9 Å². The summed E-state index contributed by atoms with van der Waals surface area (Å²) in [5, 5.41) is 9.50. The van der Waals surface area contributed by atoms with Crippen molar-refractivity contribution in [2.24, 2.45) is 0 Å². The molecule has 1 aliphatic heterocycles. The van der Waals surface area contributed by atoms with E-state index in [1.54, 1.807) is 17.2 Å². The van der Waals surface area contributed by atoms with E-state index in [2.05, 4.69) is 9.88 Å². The fourth-order valence-corrected chi connectivity index (χ4v) is 3.20. The minimum atomic E-state index is -1.40. The Morgan fingerprint density at radius 3 is 2.52 bits per heavy atom. The SMILES string of the molecule is CC(C)OC(=O)N1CCN(Cc2ccc(-c3ncco3)cc2OC(C)(C)C(=O)O)CC1. The average Bonchev–Trinajstić information content (AvgIpc) is 3.24. The summed E-state index contributed by atoms with van der Waals surface area (Å²) in [7, 11) is 0. The lowest BCUT2D eigenvalue weighted by molar-refractivity contribution is -0.152. The first-order chi connectivity index (χ1) is 14.7. The van der Waals surface area contributed by atoms with Crippen LogP contribution >= 0.6 is 0 Å². The van der Waals surface area contributed by atoms with Crippen molar-refractivity contribution in [1.82, 2.24) is 14.8 Å². The first-order valence-corrected chi connectivity index (χ1v) is 10.3. The molecule has 1 aliphatic rings. The molecule has 2 heterocycles. The van der Waals surface area contributed by atoms with Crippen LogP contribution in [0.5, 0.6) is 5.75 Å². The first kappa shape index (κ1) is 22.6. The van der Waals surface area contributed by atoms with E-state index < -0.39 is 11.6 Å². The summed E-state index contributed by atoms with van der Waals surface area (Å²) in [6.07, 6.45) is 2.59. The van der Waals surface area contributed by atoms with E-state index in [1.165, 1.54) is 20.1 Å². The van der Waals surface area contributed by atoms with Crippen LogP contribution in [0.4, 0.5) is 4.79 Å². The summed E-state index contributed by atoms with van der Waals surface area (Å²) < 4.78 is 16.5. The maximum atomic E-state index is 12.1. The van der Waals surface area contributed by atoms with Gasteiger partial charge in [0.2, 0.25) is 5.89 Å². The number of benzene rings is 1. The number of hydrogen-bond donors (Lipinski definition) is 1. The Bertz CT molecular complexity index is 902. The van der Waals surface area contributed by atoms with Gasteiger partial charge < -0.3 is 23.9 Å². The third-order valence-electron chi connectivity index (χ3n) is 4.99. The molecule has 0 aliphatic carbocycles. The normalized spacial score (nSPS) is 15.2. The summed E-state index contributed by atoms with van der Waals surface area (Å²) in [4.78, 5) is 31.7. The predicted molar refractivity (Wildman–Crippen MR) is 113 cm³/mol. The van der Waals surface area contributed by atoms with E-state index in [4.69, 9.17) is 13.9 Å². The molecule has 0 saturated carbocycles. The molecule has 1 amide bonds. The van der Waals surface area contributed by atoms with Crippen molar-refractivity contribution < 1.29 is 28.6 Å². The van der Waals surface area contributed by atoms with Gasteiger partial charge in [-0.15, -0.1) is 0 Å². The number of carboxylic acid groups (broad SMARTS) is 1. The van der Waals surface area contributed by atoms with Gasteiger partial charge in [-0.25, -0.2) is 14.6 Å². The smallest absolute Gasteiger partial charge is 0.410 e. The molecule has 9 heteroatoms. The van der Waals surface area contributed by atoms with Crippen LogP contribution in [0, 0.1) is 0 Å². The second-order valence-electron chi connectivity index (χ2n) is 8.27. The Labute approximate surface area is 181 Å². The highest BCUT2D eigenvalue weighted by molar-refractivity contribution is 5.77.